The van der Waals surface area contributed by atoms with E-state index in [0.29, 0.717) is 13.2 Å². The topological polar surface area (TPSA) is 44.5 Å². The first-order valence-corrected chi connectivity index (χ1v) is 5.69. The fourth-order valence-corrected chi connectivity index (χ4v) is 2.12. The second kappa shape index (κ2) is 4.53. The minimum absolute atomic E-state index is 0.0578. The molecule has 1 fully saturated rings. The molecule has 0 aliphatic carbocycles. The van der Waals surface area contributed by atoms with Crippen LogP contribution in [0.25, 0.3) is 0 Å². The summed E-state index contributed by atoms with van der Waals surface area (Å²) in [5.41, 5.74) is 7.06. The van der Waals surface area contributed by atoms with Crippen molar-refractivity contribution in [1.82, 2.24) is 0 Å². The van der Waals surface area contributed by atoms with E-state index >= 15 is 0 Å². The zero-order valence-electron chi connectivity index (χ0n) is 9.85. The smallest absolute Gasteiger partial charge is 0.163 e. The summed E-state index contributed by atoms with van der Waals surface area (Å²) in [6.07, 6.45) is 0.0578. The van der Waals surface area contributed by atoms with Gasteiger partial charge in [0.05, 0.1) is 12.7 Å². The van der Waals surface area contributed by atoms with E-state index in [1.54, 1.807) is 0 Å². The highest BCUT2D eigenvalue weighted by molar-refractivity contribution is 5.21. The molecular weight excluding hydrogens is 202 g/mol. The lowest BCUT2D eigenvalue weighted by atomic mass is 9.94. The van der Waals surface area contributed by atoms with Crippen molar-refractivity contribution in [1.29, 1.82) is 0 Å². The van der Waals surface area contributed by atoms with Crippen molar-refractivity contribution in [3.8, 4) is 0 Å². The molecular formula is C13H19NO2. The van der Waals surface area contributed by atoms with E-state index in [-0.39, 0.29) is 12.0 Å². The summed E-state index contributed by atoms with van der Waals surface area (Å²) in [6.45, 7) is 5.06. The highest BCUT2D eigenvalue weighted by atomic mass is 16.7. The molecule has 0 saturated carbocycles. The molecule has 0 bridgehead atoms. The van der Waals surface area contributed by atoms with Crippen LogP contribution in [0, 0.1) is 0 Å². The molecule has 1 aromatic carbocycles. The van der Waals surface area contributed by atoms with Crippen molar-refractivity contribution in [3.63, 3.8) is 0 Å². The predicted octanol–water partition coefficient (Wildman–Crippen LogP) is 1.88. The van der Waals surface area contributed by atoms with Crippen molar-refractivity contribution >= 4 is 0 Å². The van der Waals surface area contributed by atoms with Gasteiger partial charge in [-0.25, -0.2) is 0 Å². The van der Waals surface area contributed by atoms with E-state index < -0.39 is 5.79 Å². The predicted molar refractivity (Wildman–Crippen MR) is 63.1 cm³/mol. The molecule has 2 atom stereocenters. The minimum atomic E-state index is -0.479. The standard InChI is InChI=1S/C13H19NO2/c1-13(2)15-9-12(16-13)11(8-14)10-6-4-3-5-7-10/h3-7,11-12H,8-9,14H2,1-2H3/t11-,12?/m0/s1. The molecule has 1 heterocycles. The van der Waals surface area contributed by atoms with E-state index in [9.17, 15) is 0 Å². The molecule has 3 nitrogen and oxygen atoms in total. The number of benzene rings is 1. The first-order valence-electron chi connectivity index (χ1n) is 5.69. The van der Waals surface area contributed by atoms with Crippen molar-refractivity contribution in [2.75, 3.05) is 13.2 Å². The zero-order chi connectivity index (χ0) is 11.6. The Bertz CT molecular complexity index is 337. The third-order valence-corrected chi connectivity index (χ3v) is 2.96. The Kier molecular flexibility index (Phi) is 3.28. The summed E-state index contributed by atoms with van der Waals surface area (Å²) in [4.78, 5) is 0. The highest BCUT2D eigenvalue weighted by Crippen LogP contribution is 2.31. The molecule has 0 amide bonds. The van der Waals surface area contributed by atoms with Gasteiger partial charge < -0.3 is 15.2 Å². The number of nitrogens with two attached hydrogens (primary N) is 1. The zero-order valence-corrected chi connectivity index (χ0v) is 9.85. The van der Waals surface area contributed by atoms with Crippen LogP contribution in [0.1, 0.15) is 25.3 Å². The van der Waals surface area contributed by atoms with E-state index in [2.05, 4.69) is 12.1 Å². The molecule has 16 heavy (non-hydrogen) atoms. The summed E-state index contributed by atoms with van der Waals surface area (Å²) in [5, 5.41) is 0. The lowest BCUT2D eigenvalue weighted by Gasteiger charge is -2.23. The normalized spacial score (nSPS) is 25.6. The fourth-order valence-electron chi connectivity index (χ4n) is 2.12. The molecule has 1 saturated heterocycles. The second-order valence-electron chi connectivity index (χ2n) is 4.62. The molecule has 88 valence electrons. The van der Waals surface area contributed by atoms with Gasteiger partial charge in [0.25, 0.3) is 0 Å². The number of rotatable bonds is 3. The fraction of sp³-hybridized carbons (Fsp3) is 0.538. The molecule has 1 aliphatic heterocycles. The highest BCUT2D eigenvalue weighted by Gasteiger charge is 2.37. The van der Waals surface area contributed by atoms with Crippen LogP contribution >= 0.6 is 0 Å². The van der Waals surface area contributed by atoms with Crippen LogP contribution in [0.3, 0.4) is 0 Å². The quantitative estimate of drug-likeness (QED) is 0.847. The molecule has 0 spiro atoms. The van der Waals surface area contributed by atoms with E-state index in [1.807, 2.05) is 32.0 Å². The van der Waals surface area contributed by atoms with Crippen LogP contribution in [0.2, 0.25) is 0 Å². The van der Waals surface area contributed by atoms with Gasteiger partial charge in [-0.3, -0.25) is 0 Å². The van der Waals surface area contributed by atoms with Crippen LogP contribution in [0.4, 0.5) is 0 Å². The SMILES string of the molecule is CC1(C)OCC([C@@H](CN)c2ccccc2)O1. The summed E-state index contributed by atoms with van der Waals surface area (Å²) < 4.78 is 11.4. The molecule has 3 heteroatoms. The van der Waals surface area contributed by atoms with Crippen molar-refractivity contribution in [3.05, 3.63) is 35.9 Å². The monoisotopic (exact) mass is 221 g/mol. The van der Waals surface area contributed by atoms with Crippen LogP contribution in [0.5, 0.6) is 0 Å². The van der Waals surface area contributed by atoms with Gasteiger partial charge in [0.15, 0.2) is 5.79 Å². The maximum absolute atomic E-state index is 5.85. The van der Waals surface area contributed by atoms with Gasteiger partial charge in [-0.05, 0) is 19.4 Å². The third kappa shape index (κ3) is 2.43. The number of hydrogen-bond acceptors (Lipinski definition) is 3. The van der Waals surface area contributed by atoms with Crippen LogP contribution in [-0.4, -0.2) is 25.0 Å². The Morgan fingerprint density at radius 1 is 1.38 bits per heavy atom. The molecule has 0 aromatic heterocycles. The minimum Gasteiger partial charge on any atom is -0.348 e. The molecule has 1 aliphatic rings. The van der Waals surface area contributed by atoms with Gasteiger partial charge >= 0.3 is 0 Å². The van der Waals surface area contributed by atoms with Gasteiger partial charge in [-0.15, -0.1) is 0 Å². The largest absolute Gasteiger partial charge is 0.348 e. The lowest BCUT2D eigenvalue weighted by molar-refractivity contribution is -0.140. The van der Waals surface area contributed by atoms with Gasteiger partial charge in [0.1, 0.15) is 0 Å². The first kappa shape index (κ1) is 11.6. The Morgan fingerprint density at radius 2 is 2.06 bits per heavy atom. The summed E-state index contributed by atoms with van der Waals surface area (Å²) >= 11 is 0. The van der Waals surface area contributed by atoms with E-state index in [4.69, 9.17) is 15.2 Å². The van der Waals surface area contributed by atoms with Crippen molar-refractivity contribution in [2.24, 2.45) is 5.73 Å². The van der Waals surface area contributed by atoms with E-state index in [1.165, 1.54) is 5.56 Å². The second-order valence-corrected chi connectivity index (χ2v) is 4.62. The average Bonchev–Trinajstić information content (AvgIpc) is 2.62. The van der Waals surface area contributed by atoms with Crippen LogP contribution in [-0.2, 0) is 9.47 Å². The molecule has 0 radical (unpaired) electrons. The average molecular weight is 221 g/mol. The van der Waals surface area contributed by atoms with E-state index in [0.717, 1.165) is 0 Å². The Hall–Kier alpha value is -0.900. The maximum atomic E-state index is 5.85. The molecule has 2 N–H and O–H groups in total. The van der Waals surface area contributed by atoms with Crippen molar-refractivity contribution in [2.45, 2.75) is 31.7 Å². The molecule has 1 aromatic rings. The summed E-state index contributed by atoms with van der Waals surface area (Å²) in [5.74, 6) is -0.268. The Labute approximate surface area is 96.5 Å². The van der Waals surface area contributed by atoms with Crippen LogP contribution < -0.4 is 5.73 Å². The summed E-state index contributed by atoms with van der Waals surface area (Å²) in [6, 6.07) is 10.2. The Balaban J connectivity index is 2.13. The van der Waals surface area contributed by atoms with Gasteiger partial charge in [-0.2, -0.15) is 0 Å². The van der Waals surface area contributed by atoms with Crippen LogP contribution in [0.15, 0.2) is 30.3 Å². The number of hydrogen-bond donors (Lipinski definition) is 1. The number of ether oxygens (including phenoxy) is 2. The molecule has 1 unspecified atom stereocenters. The van der Waals surface area contributed by atoms with Crippen molar-refractivity contribution < 1.29 is 9.47 Å². The molecule has 2 rings (SSSR count). The maximum Gasteiger partial charge on any atom is 0.163 e. The Morgan fingerprint density at radius 3 is 2.56 bits per heavy atom. The van der Waals surface area contributed by atoms with Gasteiger partial charge in [0.2, 0.25) is 0 Å². The first-order chi connectivity index (χ1) is 7.62. The summed E-state index contributed by atoms with van der Waals surface area (Å²) in [7, 11) is 0. The lowest BCUT2D eigenvalue weighted by Crippen LogP contribution is -2.30. The van der Waals surface area contributed by atoms with Gasteiger partial charge in [-0.1, -0.05) is 30.3 Å². The van der Waals surface area contributed by atoms with Gasteiger partial charge in [0, 0.05) is 12.5 Å². The third-order valence-electron chi connectivity index (χ3n) is 2.96.